The lowest BCUT2D eigenvalue weighted by atomic mass is 10.1. The monoisotopic (exact) mass is 304 g/mol. The maximum absolute atomic E-state index is 6.03. The van der Waals surface area contributed by atoms with Gasteiger partial charge in [0.25, 0.3) is 0 Å². The van der Waals surface area contributed by atoms with Gasteiger partial charge in [0.15, 0.2) is 5.82 Å². The molecular formula is C16H21ClN4. The highest BCUT2D eigenvalue weighted by Gasteiger charge is 2.11. The molecule has 0 bridgehead atoms. The summed E-state index contributed by atoms with van der Waals surface area (Å²) in [4.78, 5) is 8.87. The lowest BCUT2D eigenvalue weighted by Crippen LogP contribution is -1.99. The van der Waals surface area contributed by atoms with Crippen molar-refractivity contribution in [3.05, 3.63) is 30.6 Å². The molecule has 0 fully saturated rings. The normalized spacial score (nSPS) is 10.9. The second-order valence-electron chi connectivity index (χ2n) is 5.21. The van der Waals surface area contributed by atoms with Crippen LogP contribution in [0.4, 0.5) is 5.82 Å². The molecule has 0 unspecified atom stereocenters. The summed E-state index contributed by atoms with van der Waals surface area (Å²) in [5, 5.41) is 1.13. The third-order valence-electron chi connectivity index (χ3n) is 3.73. The SMILES string of the molecule is CCCCCCn1cnc2c(N)nc3ccccc3c21.Cl. The van der Waals surface area contributed by atoms with Crippen molar-refractivity contribution in [1.29, 1.82) is 0 Å². The van der Waals surface area contributed by atoms with Crippen LogP contribution in [-0.4, -0.2) is 14.5 Å². The first-order chi connectivity index (χ1) is 9.81. The summed E-state index contributed by atoms with van der Waals surface area (Å²) in [6.07, 6.45) is 6.87. The van der Waals surface area contributed by atoms with Gasteiger partial charge < -0.3 is 10.3 Å². The standard InChI is InChI=1S/C16H20N4.ClH/c1-2-3-4-7-10-20-11-18-14-15(20)12-8-5-6-9-13(12)19-16(14)17;/h5-6,8-9,11H,2-4,7,10H2,1H3,(H2,17,19);1H. The Morgan fingerprint density at radius 3 is 2.76 bits per heavy atom. The fourth-order valence-electron chi connectivity index (χ4n) is 2.68. The Hall–Kier alpha value is -1.81. The zero-order valence-corrected chi connectivity index (χ0v) is 13.1. The number of para-hydroxylation sites is 1. The molecule has 4 nitrogen and oxygen atoms in total. The number of aryl methyl sites for hydroxylation is 1. The fourth-order valence-corrected chi connectivity index (χ4v) is 2.68. The van der Waals surface area contributed by atoms with Crippen LogP contribution in [0.1, 0.15) is 32.6 Å². The van der Waals surface area contributed by atoms with Crippen LogP contribution in [0.3, 0.4) is 0 Å². The summed E-state index contributed by atoms with van der Waals surface area (Å²) < 4.78 is 2.21. The van der Waals surface area contributed by atoms with Crippen LogP contribution in [0.15, 0.2) is 30.6 Å². The molecule has 0 aliphatic rings. The smallest absolute Gasteiger partial charge is 0.152 e. The van der Waals surface area contributed by atoms with E-state index in [0.717, 1.165) is 28.5 Å². The molecule has 21 heavy (non-hydrogen) atoms. The van der Waals surface area contributed by atoms with E-state index < -0.39 is 0 Å². The third kappa shape index (κ3) is 2.95. The van der Waals surface area contributed by atoms with E-state index in [1.807, 2.05) is 24.5 Å². The van der Waals surface area contributed by atoms with Gasteiger partial charge in [0.2, 0.25) is 0 Å². The minimum atomic E-state index is 0. The highest BCUT2D eigenvalue weighted by molar-refractivity contribution is 6.06. The molecule has 2 heterocycles. The van der Waals surface area contributed by atoms with Gasteiger partial charge in [-0.25, -0.2) is 9.97 Å². The molecule has 0 radical (unpaired) electrons. The molecule has 0 saturated carbocycles. The molecule has 112 valence electrons. The Kier molecular flexibility index (Phi) is 5.02. The van der Waals surface area contributed by atoms with Crippen molar-refractivity contribution >= 4 is 40.2 Å². The van der Waals surface area contributed by atoms with E-state index in [0.29, 0.717) is 5.82 Å². The maximum Gasteiger partial charge on any atom is 0.152 e. The van der Waals surface area contributed by atoms with Crippen molar-refractivity contribution in [3.8, 4) is 0 Å². The number of anilines is 1. The minimum Gasteiger partial charge on any atom is -0.382 e. The first-order valence-electron chi connectivity index (χ1n) is 7.30. The van der Waals surface area contributed by atoms with Gasteiger partial charge >= 0.3 is 0 Å². The van der Waals surface area contributed by atoms with Gasteiger partial charge in [-0.2, -0.15) is 0 Å². The summed E-state index contributed by atoms with van der Waals surface area (Å²) in [6, 6.07) is 8.12. The Labute approximate surface area is 130 Å². The fraction of sp³-hybridized carbons (Fsp3) is 0.375. The van der Waals surface area contributed by atoms with E-state index in [1.165, 1.54) is 25.7 Å². The number of hydrogen-bond acceptors (Lipinski definition) is 3. The molecule has 0 amide bonds. The van der Waals surface area contributed by atoms with Crippen molar-refractivity contribution in [2.75, 3.05) is 5.73 Å². The third-order valence-corrected chi connectivity index (χ3v) is 3.73. The summed E-state index contributed by atoms with van der Waals surface area (Å²) in [5.41, 5.74) is 8.90. The number of unbranched alkanes of at least 4 members (excludes halogenated alkanes) is 3. The van der Waals surface area contributed by atoms with Crippen LogP contribution >= 0.6 is 12.4 Å². The largest absolute Gasteiger partial charge is 0.382 e. The van der Waals surface area contributed by atoms with Gasteiger partial charge in [-0.1, -0.05) is 44.4 Å². The highest BCUT2D eigenvalue weighted by atomic mass is 35.5. The van der Waals surface area contributed by atoms with Gasteiger partial charge in [-0.05, 0) is 12.5 Å². The quantitative estimate of drug-likeness (QED) is 0.720. The average Bonchev–Trinajstić information content (AvgIpc) is 2.89. The van der Waals surface area contributed by atoms with Crippen LogP contribution in [0.25, 0.3) is 21.9 Å². The molecule has 0 saturated heterocycles. The van der Waals surface area contributed by atoms with Gasteiger partial charge in [0.05, 0.1) is 17.4 Å². The first-order valence-corrected chi connectivity index (χ1v) is 7.30. The van der Waals surface area contributed by atoms with Crippen molar-refractivity contribution in [3.63, 3.8) is 0 Å². The summed E-state index contributed by atoms with van der Waals surface area (Å²) >= 11 is 0. The highest BCUT2D eigenvalue weighted by Crippen LogP contribution is 2.27. The van der Waals surface area contributed by atoms with Crippen molar-refractivity contribution < 1.29 is 0 Å². The summed E-state index contributed by atoms with van der Waals surface area (Å²) in [6.45, 7) is 3.22. The molecular weight excluding hydrogens is 284 g/mol. The number of nitrogen functional groups attached to an aromatic ring is 1. The number of halogens is 1. The number of nitrogens with zero attached hydrogens (tertiary/aromatic N) is 3. The van der Waals surface area contributed by atoms with Crippen molar-refractivity contribution in [2.24, 2.45) is 0 Å². The molecule has 5 heteroatoms. The zero-order valence-electron chi connectivity index (χ0n) is 12.2. The van der Waals surface area contributed by atoms with Crippen LogP contribution in [0, 0.1) is 0 Å². The topological polar surface area (TPSA) is 56.7 Å². The van der Waals surface area contributed by atoms with Crippen LogP contribution in [0.2, 0.25) is 0 Å². The number of imidazole rings is 1. The number of hydrogen-bond donors (Lipinski definition) is 1. The number of rotatable bonds is 5. The number of fused-ring (bicyclic) bond motifs is 3. The average molecular weight is 305 g/mol. The van der Waals surface area contributed by atoms with Gasteiger partial charge in [0.1, 0.15) is 5.52 Å². The van der Waals surface area contributed by atoms with Crippen LogP contribution < -0.4 is 5.73 Å². The molecule has 2 N–H and O–H groups in total. The van der Waals surface area contributed by atoms with Crippen LogP contribution in [-0.2, 0) is 6.54 Å². The van der Waals surface area contributed by atoms with E-state index in [9.17, 15) is 0 Å². The first kappa shape index (κ1) is 15.6. The predicted octanol–water partition coefficient (Wildman–Crippen LogP) is 4.17. The molecule has 2 aromatic heterocycles. The Morgan fingerprint density at radius 2 is 1.95 bits per heavy atom. The van der Waals surface area contributed by atoms with Gasteiger partial charge in [-0.3, -0.25) is 0 Å². The number of nitrogens with two attached hydrogens (primary N) is 1. The van der Waals surface area contributed by atoms with Gasteiger partial charge in [0, 0.05) is 11.9 Å². The number of aromatic nitrogens is 3. The van der Waals surface area contributed by atoms with Crippen molar-refractivity contribution in [1.82, 2.24) is 14.5 Å². The predicted molar refractivity (Wildman–Crippen MR) is 90.8 cm³/mol. The summed E-state index contributed by atoms with van der Waals surface area (Å²) in [5.74, 6) is 0.519. The second kappa shape index (κ2) is 6.76. The molecule has 0 atom stereocenters. The van der Waals surface area contributed by atoms with Crippen molar-refractivity contribution in [2.45, 2.75) is 39.2 Å². The van der Waals surface area contributed by atoms with E-state index in [4.69, 9.17) is 5.73 Å². The molecule has 0 aliphatic heterocycles. The maximum atomic E-state index is 6.03. The van der Waals surface area contributed by atoms with Crippen LogP contribution in [0.5, 0.6) is 0 Å². The van der Waals surface area contributed by atoms with E-state index in [2.05, 4.69) is 27.5 Å². The lowest BCUT2D eigenvalue weighted by molar-refractivity contribution is 0.592. The molecule has 0 aliphatic carbocycles. The summed E-state index contributed by atoms with van der Waals surface area (Å²) in [7, 11) is 0. The minimum absolute atomic E-state index is 0. The molecule has 3 aromatic rings. The Balaban J connectivity index is 0.00000161. The second-order valence-corrected chi connectivity index (χ2v) is 5.21. The van der Waals surface area contributed by atoms with E-state index in [1.54, 1.807) is 0 Å². The zero-order chi connectivity index (χ0) is 13.9. The lowest BCUT2D eigenvalue weighted by Gasteiger charge is -2.07. The number of pyridine rings is 1. The number of benzene rings is 1. The van der Waals surface area contributed by atoms with E-state index >= 15 is 0 Å². The molecule has 1 aromatic carbocycles. The van der Waals surface area contributed by atoms with Gasteiger partial charge in [-0.15, -0.1) is 12.4 Å². The Morgan fingerprint density at radius 1 is 1.14 bits per heavy atom. The molecule has 3 rings (SSSR count). The van der Waals surface area contributed by atoms with E-state index in [-0.39, 0.29) is 12.4 Å². The Bertz CT molecular complexity index is 736. The molecule has 0 spiro atoms.